The van der Waals surface area contributed by atoms with E-state index in [4.69, 9.17) is 0 Å². The van der Waals surface area contributed by atoms with E-state index in [0.717, 1.165) is 30.5 Å². The van der Waals surface area contributed by atoms with Crippen molar-refractivity contribution in [3.05, 3.63) is 66.0 Å². The summed E-state index contributed by atoms with van der Waals surface area (Å²) in [4.78, 5) is 26.6. The fourth-order valence-corrected chi connectivity index (χ4v) is 3.18. The molecule has 3 aromatic rings. The number of urea groups is 1. The third kappa shape index (κ3) is 4.03. The molecule has 0 fully saturated rings. The zero-order chi connectivity index (χ0) is 20.4. The highest BCUT2D eigenvalue weighted by atomic mass is 19.4. The van der Waals surface area contributed by atoms with E-state index in [1.165, 1.54) is 23.4 Å². The summed E-state index contributed by atoms with van der Waals surface area (Å²) in [5.74, 6) is 0.596. The van der Waals surface area contributed by atoms with Crippen molar-refractivity contribution < 1.29 is 18.0 Å². The molecule has 148 valence electrons. The third-order valence-corrected chi connectivity index (χ3v) is 4.55. The third-order valence-electron chi connectivity index (χ3n) is 4.55. The van der Waals surface area contributed by atoms with Gasteiger partial charge in [0.05, 0.1) is 11.3 Å². The van der Waals surface area contributed by atoms with Crippen LogP contribution in [0.4, 0.5) is 29.7 Å². The van der Waals surface area contributed by atoms with Gasteiger partial charge in [-0.25, -0.2) is 19.7 Å². The van der Waals surface area contributed by atoms with Gasteiger partial charge in [0.2, 0.25) is 5.95 Å². The number of rotatable bonds is 2. The normalized spacial score (nSPS) is 13.7. The van der Waals surface area contributed by atoms with E-state index in [-0.39, 0.29) is 5.95 Å². The predicted octanol–water partition coefficient (Wildman–Crippen LogP) is 4.54. The second kappa shape index (κ2) is 7.50. The molecular weight excluding hydrogens is 383 g/mol. The van der Waals surface area contributed by atoms with Gasteiger partial charge in [-0.2, -0.15) is 13.2 Å². The number of halogens is 3. The minimum absolute atomic E-state index is 0.165. The van der Waals surface area contributed by atoms with E-state index >= 15 is 0 Å². The van der Waals surface area contributed by atoms with Crippen LogP contribution in [-0.2, 0) is 12.6 Å². The summed E-state index contributed by atoms with van der Waals surface area (Å²) in [6, 6.07) is 9.65. The number of benzene rings is 1. The van der Waals surface area contributed by atoms with E-state index < -0.39 is 17.8 Å². The molecule has 6 nitrogen and oxygen atoms in total. The fraction of sp³-hybridized carbons (Fsp3) is 0.200. The molecule has 1 aliphatic heterocycles. The molecule has 1 N–H and O–H groups in total. The van der Waals surface area contributed by atoms with Gasteiger partial charge in [0, 0.05) is 24.5 Å². The average Bonchev–Trinajstić information content (AvgIpc) is 2.73. The molecule has 0 radical (unpaired) electrons. The molecule has 0 unspecified atom stereocenters. The maximum atomic E-state index is 13.0. The molecule has 29 heavy (non-hydrogen) atoms. The number of hydrogen-bond acceptors (Lipinski definition) is 4. The number of nitrogens with zero attached hydrogens (tertiary/aromatic N) is 4. The topological polar surface area (TPSA) is 71.0 Å². The Morgan fingerprint density at radius 3 is 2.62 bits per heavy atom. The Labute approximate surface area is 164 Å². The van der Waals surface area contributed by atoms with Crippen LogP contribution in [0.5, 0.6) is 0 Å². The number of fused-ring (bicyclic) bond motifs is 1. The molecular formula is C20H16F3N5O. The predicted molar refractivity (Wildman–Crippen MR) is 101 cm³/mol. The summed E-state index contributed by atoms with van der Waals surface area (Å²) in [6.45, 7) is 0.435. The number of amides is 2. The van der Waals surface area contributed by atoms with Gasteiger partial charge in [0.25, 0.3) is 0 Å². The van der Waals surface area contributed by atoms with E-state index in [9.17, 15) is 18.0 Å². The maximum Gasteiger partial charge on any atom is 0.416 e. The number of nitrogens with one attached hydrogen (secondary N) is 1. The van der Waals surface area contributed by atoms with Gasteiger partial charge >= 0.3 is 12.2 Å². The van der Waals surface area contributed by atoms with Crippen LogP contribution in [0.25, 0.3) is 11.3 Å². The molecule has 2 amide bonds. The largest absolute Gasteiger partial charge is 0.416 e. The van der Waals surface area contributed by atoms with Gasteiger partial charge < -0.3 is 0 Å². The number of carbonyl (C=O) groups is 1. The van der Waals surface area contributed by atoms with Gasteiger partial charge in [-0.3, -0.25) is 10.2 Å². The summed E-state index contributed by atoms with van der Waals surface area (Å²) in [5, 5.41) is 2.62. The van der Waals surface area contributed by atoms with Crippen molar-refractivity contribution in [2.24, 2.45) is 0 Å². The highest BCUT2D eigenvalue weighted by Crippen LogP contribution is 2.33. The molecule has 3 heterocycles. The lowest BCUT2D eigenvalue weighted by atomic mass is 10.0. The standard InChI is InChI=1S/C20H16F3N5O/c21-20(22,23)15-6-1-4-14(12-15)16-8-7-13-5-2-11-28(17(13)26-16)19(29)27-18-24-9-3-10-25-18/h1,3-4,6-10,12H,2,5,11H2,(H,24,25,27,29). The molecule has 1 aliphatic rings. The summed E-state index contributed by atoms with van der Waals surface area (Å²) < 4.78 is 39.1. The van der Waals surface area contributed by atoms with Gasteiger partial charge in [0.1, 0.15) is 5.82 Å². The molecule has 9 heteroatoms. The van der Waals surface area contributed by atoms with Crippen LogP contribution < -0.4 is 10.2 Å². The van der Waals surface area contributed by atoms with Crippen LogP contribution in [0.2, 0.25) is 0 Å². The smallest absolute Gasteiger partial charge is 0.278 e. The number of anilines is 2. The SMILES string of the molecule is O=C(Nc1ncccn1)N1CCCc2ccc(-c3cccc(C(F)(F)F)c3)nc21. The van der Waals surface area contributed by atoms with E-state index in [0.29, 0.717) is 23.6 Å². The second-order valence-electron chi connectivity index (χ2n) is 6.52. The molecule has 0 spiro atoms. The van der Waals surface area contributed by atoms with Crippen molar-refractivity contribution in [2.45, 2.75) is 19.0 Å². The van der Waals surface area contributed by atoms with Crippen LogP contribution in [0.3, 0.4) is 0 Å². The van der Waals surface area contributed by atoms with Crippen molar-refractivity contribution >= 4 is 17.8 Å². The van der Waals surface area contributed by atoms with Gasteiger partial charge in [-0.15, -0.1) is 0 Å². The van der Waals surface area contributed by atoms with Crippen LogP contribution in [0.1, 0.15) is 17.5 Å². The van der Waals surface area contributed by atoms with Gasteiger partial charge in [0.15, 0.2) is 0 Å². The summed E-state index contributed by atoms with van der Waals surface area (Å²) >= 11 is 0. The zero-order valence-electron chi connectivity index (χ0n) is 15.1. The van der Waals surface area contributed by atoms with Crippen LogP contribution in [-0.4, -0.2) is 27.5 Å². The van der Waals surface area contributed by atoms with Crippen molar-refractivity contribution in [3.63, 3.8) is 0 Å². The Kier molecular flexibility index (Phi) is 4.87. The zero-order valence-corrected chi connectivity index (χ0v) is 15.1. The van der Waals surface area contributed by atoms with E-state index in [1.54, 1.807) is 24.3 Å². The minimum Gasteiger partial charge on any atom is -0.278 e. The molecule has 4 rings (SSSR count). The lowest BCUT2D eigenvalue weighted by Gasteiger charge is -2.28. The summed E-state index contributed by atoms with van der Waals surface area (Å²) in [7, 11) is 0. The van der Waals surface area contributed by atoms with Crippen molar-refractivity contribution in [1.82, 2.24) is 15.0 Å². The number of pyridine rings is 1. The van der Waals surface area contributed by atoms with Gasteiger partial charge in [-0.1, -0.05) is 18.2 Å². The minimum atomic E-state index is -4.44. The quantitative estimate of drug-likeness (QED) is 0.687. The van der Waals surface area contributed by atoms with Crippen LogP contribution in [0.15, 0.2) is 54.9 Å². The molecule has 0 atom stereocenters. The average molecular weight is 399 g/mol. The molecule has 0 bridgehead atoms. The number of alkyl halides is 3. The summed E-state index contributed by atoms with van der Waals surface area (Å²) in [5.41, 5.74) is 0.812. The number of aromatic nitrogens is 3. The number of hydrogen-bond donors (Lipinski definition) is 1. The van der Waals surface area contributed by atoms with E-state index in [1.807, 2.05) is 0 Å². The Balaban J connectivity index is 1.66. The maximum absolute atomic E-state index is 13.0. The van der Waals surface area contributed by atoms with Crippen molar-refractivity contribution in [3.8, 4) is 11.3 Å². The van der Waals surface area contributed by atoms with Crippen LogP contribution in [0, 0.1) is 0 Å². The molecule has 0 saturated heterocycles. The number of carbonyl (C=O) groups excluding carboxylic acids is 1. The lowest BCUT2D eigenvalue weighted by molar-refractivity contribution is -0.137. The van der Waals surface area contributed by atoms with Gasteiger partial charge in [-0.05, 0) is 42.7 Å². The lowest BCUT2D eigenvalue weighted by Crippen LogP contribution is -2.39. The van der Waals surface area contributed by atoms with Crippen LogP contribution >= 0.6 is 0 Å². The van der Waals surface area contributed by atoms with Crippen molar-refractivity contribution in [1.29, 1.82) is 0 Å². The Hall–Kier alpha value is -3.49. The summed E-state index contributed by atoms with van der Waals surface area (Å²) in [6.07, 6.45) is 0.0663. The number of aryl methyl sites for hydroxylation is 1. The molecule has 0 saturated carbocycles. The first-order chi connectivity index (χ1) is 13.9. The molecule has 2 aromatic heterocycles. The Morgan fingerprint density at radius 1 is 1.07 bits per heavy atom. The second-order valence-corrected chi connectivity index (χ2v) is 6.52. The Bertz CT molecular complexity index is 1040. The highest BCUT2D eigenvalue weighted by molar-refractivity contribution is 6.01. The first-order valence-corrected chi connectivity index (χ1v) is 8.95. The highest BCUT2D eigenvalue weighted by Gasteiger charge is 2.31. The molecule has 0 aliphatic carbocycles. The first kappa shape index (κ1) is 18.9. The van der Waals surface area contributed by atoms with E-state index in [2.05, 4.69) is 20.3 Å². The monoisotopic (exact) mass is 399 g/mol. The van der Waals surface area contributed by atoms with Crippen molar-refractivity contribution in [2.75, 3.05) is 16.8 Å². The molecule has 1 aromatic carbocycles. The first-order valence-electron chi connectivity index (χ1n) is 8.95. The Morgan fingerprint density at radius 2 is 1.86 bits per heavy atom. The fourth-order valence-electron chi connectivity index (χ4n) is 3.18.